The van der Waals surface area contributed by atoms with Gasteiger partial charge in [-0.3, -0.25) is 0 Å². The third-order valence-corrected chi connectivity index (χ3v) is 3.33. The number of rotatable bonds is 8. The molecule has 1 aromatic carbocycles. The number of phenolic OH excluding ortho intramolecular Hbond substituents is 2. The number of aliphatic hydroxyl groups is 1. The highest BCUT2D eigenvalue weighted by atomic mass is 16.3. The van der Waals surface area contributed by atoms with Crippen LogP contribution in [0.1, 0.15) is 31.7 Å². The molecule has 0 saturated carbocycles. The SMILES string of the molecule is C=CCC(O)(CC)CCNCc1ccc(O)cc1O. The van der Waals surface area contributed by atoms with Crippen LogP contribution in [0.5, 0.6) is 11.5 Å². The summed E-state index contributed by atoms with van der Waals surface area (Å²) >= 11 is 0. The topological polar surface area (TPSA) is 72.7 Å². The highest BCUT2D eigenvalue weighted by molar-refractivity contribution is 5.38. The van der Waals surface area contributed by atoms with E-state index in [0.717, 1.165) is 5.56 Å². The van der Waals surface area contributed by atoms with Crippen LogP contribution >= 0.6 is 0 Å². The Morgan fingerprint density at radius 1 is 1.37 bits per heavy atom. The number of aromatic hydroxyl groups is 2. The smallest absolute Gasteiger partial charge is 0.123 e. The Hall–Kier alpha value is -1.52. The van der Waals surface area contributed by atoms with Gasteiger partial charge in [-0.05, 0) is 31.9 Å². The Balaban J connectivity index is 2.40. The molecule has 0 saturated heterocycles. The van der Waals surface area contributed by atoms with Gasteiger partial charge in [-0.1, -0.05) is 19.1 Å². The van der Waals surface area contributed by atoms with E-state index < -0.39 is 5.60 Å². The second kappa shape index (κ2) is 7.16. The fourth-order valence-electron chi connectivity index (χ4n) is 1.94. The lowest BCUT2D eigenvalue weighted by Crippen LogP contribution is -2.31. The Kier molecular flexibility index (Phi) is 5.86. The van der Waals surface area contributed by atoms with Crippen molar-refractivity contribution in [1.29, 1.82) is 0 Å². The number of benzene rings is 1. The zero-order valence-corrected chi connectivity index (χ0v) is 11.4. The molecule has 0 radical (unpaired) electrons. The van der Waals surface area contributed by atoms with Crippen molar-refractivity contribution in [1.82, 2.24) is 5.32 Å². The summed E-state index contributed by atoms with van der Waals surface area (Å²) in [7, 11) is 0. The quantitative estimate of drug-likeness (QED) is 0.430. The fraction of sp³-hybridized carbons (Fsp3) is 0.467. The zero-order valence-electron chi connectivity index (χ0n) is 11.4. The predicted octanol–water partition coefficient (Wildman–Crippen LogP) is 2.29. The van der Waals surface area contributed by atoms with Crippen LogP contribution in [0.3, 0.4) is 0 Å². The van der Waals surface area contributed by atoms with Gasteiger partial charge in [-0.25, -0.2) is 0 Å². The molecule has 1 rings (SSSR count). The summed E-state index contributed by atoms with van der Waals surface area (Å²) in [6, 6.07) is 4.53. The lowest BCUT2D eigenvalue weighted by atomic mass is 9.92. The maximum atomic E-state index is 10.2. The van der Waals surface area contributed by atoms with Crippen LogP contribution in [-0.2, 0) is 6.54 Å². The molecule has 0 bridgehead atoms. The van der Waals surface area contributed by atoms with Crippen molar-refractivity contribution in [2.45, 2.75) is 38.3 Å². The number of nitrogens with one attached hydrogen (secondary N) is 1. The molecule has 0 fully saturated rings. The van der Waals surface area contributed by atoms with Crippen LogP contribution in [-0.4, -0.2) is 27.5 Å². The Labute approximate surface area is 114 Å². The molecule has 1 atom stereocenters. The van der Waals surface area contributed by atoms with Crippen LogP contribution in [0.25, 0.3) is 0 Å². The largest absolute Gasteiger partial charge is 0.508 e. The second-order valence-electron chi connectivity index (χ2n) is 4.81. The van der Waals surface area contributed by atoms with Crippen molar-refractivity contribution >= 4 is 0 Å². The molecular weight excluding hydrogens is 242 g/mol. The Morgan fingerprint density at radius 3 is 2.68 bits per heavy atom. The van der Waals surface area contributed by atoms with E-state index in [9.17, 15) is 15.3 Å². The minimum Gasteiger partial charge on any atom is -0.508 e. The first-order valence-electron chi connectivity index (χ1n) is 6.55. The van der Waals surface area contributed by atoms with Crippen LogP contribution in [0.2, 0.25) is 0 Å². The third kappa shape index (κ3) is 4.93. The lowest BCUT2D eigenvalue weighted by Gasteiger charge is -2.25. The van der Waals surface area contributed by atoms with E-state index in [1.165, 1.54) is 12.1 Å². The first-order valence-corrected chi connectivity index (χ1v) is 6.55. The van der Waals surface area contributed by atoms with E-state index in [2.05, 4.69) is 11.9 Å². The maximum Gasteiger partial charge on any atom is 0.123 e. The lowest BCUT2D eigenvalue weighted by molar-refractivity contribution is 0.0307. The third-order valence-electron chi connectivity index (χ3n) is 3.33. The summed E-state index contributed by atoms with van der Waals surface area (Å²) < 4.78 is 0. The molecule has 0 aromatic heterocycles. The normalized spacial score (nSPS) is 14.0. The van der Waals surface area contributed by atoms with Crippen molar-refractivity contribution < 1.29 is 15.3 Å². The van der Waals surface area contributed by atoms with Gasteiger partial charge in [0.25, 0.3) is 0 Å². The molecule has 0 aliphatic heterocycles. The van der Waals surface area contributed by atoms with Gasteiger partial charge in [0.05, 0.1) is 5.60 Å². The van der Waals surface area contributed by atoms with Crippen molar-refractivity contribution in [3.8, 4) is 11.5 Å². The maximum absolute atomic E-state index is 10.2. The average molecular weight is 265 g/mol. The van der Waals surface area contributed by atoms with Gasteiger partial charge in [-0.15, -0.1) is 6.58 Å². The standard InChI is InChI=1S/C15H23NO3/c1-3-7-15(19,4-2)8-9-16-11-12-5-6-13(17)10-14(12)18/h3,5-6,10,16-19H,1,4,7-9,11H2,2H3. The van der Waals surface area contributed by atoms with Crippen LogP contribution in [0.4, 0.5) is 0 Å². The summed E-state index contributed by atoms with van der Waals surface area (Å²) in [5.74, 6) is 0.122. The minimum atomic E-state index is -0.703. The first-order chi connectivity index (χ1) is 9.00. The van der Waals surface area contributed by atoms with Crippen molar-refractivity contribution in [2.24, 2.45) is 0 Å². The molecule has 4 N–H and O–H groups in total. The summed E-state index contributed by atoms with van der Waals surface area (Å²) in [6.45, 7) is 6.76. The van der Waals surface area contributed by atoms with Gasteiger partial charge in [0.2, 0.25) is 0 Å². The van der Waals surface area contributed by atoms with Crippen molar-refractivity contribution in [2.75, 3.05) is 6.54 Å². The molecule has 19 heavy (non-hydrogen) atoms. The second-order valence-corrected chi connectivity index (χ2v) is 4.81. The number of hydrogen-bond donors (Lipinski definition) is 4. The van der Waals surface area contributed by atoms with E-state index in [0.29, 0.717) is 32.4 Å². The molecular formula is C15H23NO3. The minimum absolute atomic E-state index is 0.0487. The molecule has 106 valence electrons. The van der Waals surface area contributed by atoms with Crippen LogP contribution in [0, 0.1) is 0 Å². The van der Waals surface area contributed by atoms with Gasteiger partial charge in [0.1, 0.15) is 11.5 Å². The van der Waals surface area contributed by atoms with Crippen molar-refractivity contribution in [3.63, 3.8) is 0 Å². The number of phenols is 2. The fourth-order valence-corrected chi connectivity index (χ4v) is 1.94. The predicted molar refractivity (Wildman–Crippen MR) is 76.2 cm³/mol. The summed E-state index contributed by atoms with van der Waals surface area (Å²) in [5, 5.41) is 32.2. The monoisotopic (exact) mass is 265 g/mol. The summed E-state index contributed by atoms with van der Waals surface area (Å²) in [6.07, 6.45) is 3.63. The Bertz CT molecular complexity index is 420. The highest BCUT2D eigenvalue weighted by Gasteiger charge is 2.21. The van der Waals surface area contributed by atoms with Crippen molar-refractivity contribution in [3.05, 3.63) is 36.4 Å². The molecule has 0 aliphatic carbocycles. The van der Waals surface area contributed by atoms with E-state index in [1.54, 1.807) is 12.1 Å². The van der Waals surface area contributed by atoms with Gasteiger partial charge < -0.3 is 20.6 Å². The highest BCUT2D eigenvalue weighted by Crippen LogP contribution is 2.23. The summed E-state index contributed by atoms with van der Waals surface area (Å²) in [5.41, 5.74) is 0.0210. The molecule has 0 aliphatic rings. The van der Waals surface area contributed by atoms with Gasteiger partial charge in [-0.2, -0.15) is 0 Å². The summed E-state index contributed by atoms with van der Waals surface area (Å²) in [4.78, 5) is 0. The molecule has 1 unspecified atom stereocenters. The molecule has 0 heterocycles. The van der Waals surface area contributed by atoms with Gasteiger partial charge in [0.15, 0.2) is 0 Å². The Morgan fingerprint density at radius 2 is 2.11 bits per heavy atom. The zero-order chi connectivity index (χ0) is 14.3. The first kappa shape index (κ1) is 15.5. The van der Waals surface area contributed by atoms with Gasteiger partial charge >= 0.3 is 0 Å². The van der Waals surface area contributed by atoms with Crippen LogP contribution < -0.4 is 5.32 Å². The van der Waals surface area contributed by atoms with E-state index >= 15 is 0 Å². The average Bonchev–Trinajstić information content (AvgIpc) is 2.37. The molecule has 4 nitrogen and oxygen atoms in total. The van der Waals surface area contributed by atoms with E-state index in [4.69, 9.17) is 0 Å². The van der Waals surface area contributed by atoms with Crippen LogP contribution in [0.15, 0.2) is 30.9 Å². The number of hydrogen-bond acceptors (Lipinski definition) is 4. The van der Waals surface area contributed by atoms with E-state index in [-0.39, 0.29) is 11.5 Å². The molecule has 1 aromatic rings. The molecule has 0 amide bonds. The van der Waals surface area contributed by atoms with E-state index in [1.807, 2.05) is 6.92 Å². The van der Waals surface area contributed by atoms with Gasteiger partial charge in [0, 0.05) is 18.2 Å². The molecule has 4 heteroatoms. The molecule has 0 spiro atoms.